The Hall–Kier alpha value is -3.01. The molecule has 2 aliphatic carbocycles. The zero-order chi connectivity index (χ0) is 27.8. The summed E-state index contributed by atoms with van der Waals surface area (Å²) in [6, 6.07) is 8.70. The van der Waals surface area contributed by atoms with Gasteiger partial charge in [0.2, 0.25) is 0 Å². The molecule has 0 amide bonds. The molecule has 1 aromatic rings. The van der Waals surface area contributed by atoms with E-state index in [1.165, 1.54) is 0 Å². The van der Waals surface area contributed by atoms with E-state index in [1.807, 2.05) is 73.6 Å². The van der Waals surface area contributed by atoms with E-state index < -0.39 is 27.8 Å². The molecule has 4 nitrogen and oxygen atoms in total. The maximum absolute atomic E-state index is 14.7. The number of hydrogen-bond donors (Lipinski definition) is 1. The topological polar surface area (TPSA) is 71.4 Å². The van der Waals surface area contributed by atoms with Gasteiger partial charge in [0.05, 0.1) is 5.41 Å². The molecule has 0 spiro atoms. The SMILES string of the molecule is CC(C)=CC[C@H]1C[C@]2(CC=C(C)C)C(=O)/C(=C(/O)c3ccccc3)C(=O)[C@@](CC=C(C)C)(C2=O)C1(C)C. The minimum absolute atomic E-state index is 0.0652. The lowest BCUT2D eigenvalue weighted by Gasteiger charge is -2.60. The minimum atomic E-state index is -1.45. The van der Waals surface area contributed by atoms with Crippen LogP contribution < -0.4 is 0 Å². The molecule has 3 rings (SSSR count). The lowest BCUT2D eigenvalue weighted by Crippen LogP contribution is -2.69. The molecule has 0 saturated heterocycles. The van der Waals surface area contributed by atoms with Crippen LogP contribution in [0, 0.1) is 22.2 Å². The summed E-state index contributed by atoms with van der Waals surface area (Å²) >= 11 is 0. The molecular weight excluding hydrogens is 460 g/mol. The second-order valence-corrected chi connectivity index (χ2v) is 12.2. The number of benzene rings is 1. The highest BCUT2D eigenvalue weighted by molar-refractivity contribution is 6.41. The van der Waals surface area contributed by atoms with E-state index in [0.717, 1.165) is 16.7 Å². The van der Waals surface area contributed by atoms with Gasteiger partial charge in [-0.3, -0.25) is 14.4 Å². The molecule has 0 radical (unpaired) electrons. The maximum Gasteiger partial charge on any atom is 0.184 e. The molecule has 198 valence electrons. The summed E-state index contributed by atoms with van der Waals surface area (Å²) in [7, 11) is 0. The Labute approximate surface area is 222 Å². The van der Waals surface area contributed by atoms with E-state index in [-0.39, 0.29) is 35.9 Å². The third-order valence-electron chi connectivity index (χ3n) is 8.58. The van der Waals surface area contributed by atoms with Crippen molar-refractivity contribution in [3.05, 3.63) is 76.4 Å². The van der Waals surface area contributed by atoms with Gasteiger partial charge in [0.1, 0.15) is 16.7 Å². The van der Waals surface area contributed by atoms with Crippen molar-refractivity contribution in [2.24, 2.45) is 22.2 Å². The molecule has 2 fully saturated rings. The van der Waals surface area contributed by atoms with Crippen molar-refractivity contribution in [2.45, 2.75) is 81.1 Å². The van der Waals surface area contributed by atoms with Crippen molar-refractivity contribution < 1.29 is 19.5 Å². The average Bonchev–Trinajstić information content (AvgIpc) is 2.82. The molecule has 2 saturated carbocycles. The number of carbonyl (C=O) groups excluding carboxylic acids is 3. The smallest absolute Gasteiger partial charge is 0.184 e. The van der Waals surface area contributed by atoms with Gasteiger partial charge in [-0.15, -0.1) is 0 Å². The third kappa shape index (κ3) is 4.71. The van der Waals surface area contributed by atoms with Crippen molar-refractivity contribution in [1.82, 2.24) is 0 Å². The van der Waals surface area contributed by atoms with E-state index >= 15 is 0 Å². The van der Waals surface area contributed by atoms with Crippen LogP contribution in [0.25, 0.3) is 5.76 Å². The number of Topliss-reactive ketones (excluding diaryl/α,β-unsaturated/α-hetero) is 3. The van der Waals surface area contributed by atoms with Gasteiger partial charge in [-0.05, 0) is 78.6 Å². The lowest BCUT2D eigenvalue weighted by molar-refractivity contribution is -0.176. The Morgan fingerprint density at radius 2 is 1.38 bits per heavy atom. The third-order valence-corrected chi connectivity index (χ3v) is 8.58. The van der Waals surface area contributed by atoms with Gasteiger partial charge in [-0.1, -0.05) is 79.1 Å². The van der Waals surface area contributed by atoms with Crippen LogP contribution in [-0.4, -0.2) is 22.5 Å². The van der Waals surface area contributed by atoms with Crippen molar-refractivity contribution >= 4 is 23.1 Å². The number of aliphatic hydroxyl groups is 1. The Morgan fingerprint density at radius 1 is 0.838 bits per heavy atom. The summed E-state index contributed by atoms with van der Waals surface area (Å²) in [5, 5.41) is 11.4. The summed E-state index contributed by atoms with van der Waals surface area (Å²) in [6.45, 7) is 15.9. The molecule has 1 N–H and O–H groups in total. The number of hydrogen-bond acceptors (Lipinski definition) is 4. The molecule has 2 aliphatic rings. The van der Waals surface area contributed by atoms with Crippen molar-refractivity contribution in [3.8, 4) is 0 Å². The average molecular weight is 503 g/mol. The fraction of sp³-hybridized carbons (Fsp3) is 0.485. The van der Waals surface area contributed by atoms with Gasteiger partial charge < -0.3 is 5.11 Å². The van der Waals surface area contributed by atoms with E-state index in [1.54, 1.807) is 24.3 Å². The van der Waals surface area contributed by atoms with Gasteiger partial charge in [0, 0.05) is 5.56 Å². The molecule has 3 atom stereocenters. The number of carbonyl (C=O) groups is 3. The molecule has 1 aromatic carbocycles. The zero-order valence-electron chi connectivity index (χ0n) is 23.7. The summed E-state index contributed by atoms with van der Waals surface area (Å²) in [4.78, 5) is 43.6. The highest BCUT2D eigenvalue weighted by atomic mass is 16.3. The van der Waals surface area contributed by atoms with Crippen LogP contribution in [-0.2, 0) is 14.4 Å². The molecule has 37 heavy (non-hydrogen) atoms. The molecule has 0 aromatic heterocycles. The van der Waals surface area contributed by atoms with Crippen LogP contribution in [0.1, 0.15) is 86.6 Å². The Bertz CT molecular complexity index is 1210. The molecule has 2 bridgehead atoms. The Morgan fingerprint density at radius 3 is 1.92 bits per heavy atom. The first kappa shape index (κ1) is 28.6. The maximum atomic E-state index is 14.7. The first-order chi connectivity index (χ1) is 17.2. The van der Waals surface area contributed by atoms with Gasteiger partial charge in [0.15, 0.2) is 17.3 Å². The normalized spacial score (nSPS) is 27.9. The number of aliphatic hydroxyl groups excluding tert-OH is 1. The van der Waals surface area contributed by atoms with E-state index in [0.29, 0.717) is 18.4 Å². The van der Waals surface area contributed by atoms with Crippen LogP contribution in [0.3, 0.4) is 0 Å². The van der Waals surface area contributed by atoms with Crippen LogP contribution in [0.5, 0.6) is 0 Å². The second-order valence-electron chi connectivity index (χ2n) is 12.2. The Balaban J connectivity index is 2.43. The van der Waals surface area contributed by atoms with Crippen molar-refractivity contribution in [3.63, 3.8) is 0 Å². The summed E-state index contributed by atoms with van der Waals surface area (Å²) in [5.41, 5.74) is -0.236. The monoisotopic (exact) mass is 502 g/mol. The first-order valence-corrected chi connectivity index (χ1v) is 13.3. The van der Waals surface area contributed by atoms with Crippen LogP contribution in [0.15, 0.2) is 70.9 Å². The Kier molecular flexibility index (Phi) is 8.02. The lowest BCUT2D eigenvalue weighted by atomic mass is 9.38. The van der Waals surface area contributed by atoms with Crippen molar-refractivity contribution in [2.75, 3.05) is 0 Å². The summed E-state index contributed by atoms with van der Waals surface area (Å²) < 4.78 is 0. The fourth-order valence-corrected chi connectivity index (χ4v) is 6.13. The van der Waals surface area contributed by atoms with Gasteiger partial charge in [0.25, 0.3) is 0 Å². The zero-order valence-corrected chi connectivity index (χ0v) is 23.7. The highest BCUT2D eigenvalue weighted by Crippen LogP contribution is 2.65. The summed E-state index contributed by atoms with van der Waals surface area (Å²) in [5.74, 6) is -1.75. The van der Waals surface area contributed by atoms with Gasteiger partial charge in [-0.25, -0.2) is 0 Å². The molecule has 0 unspecified atom stereocenters. The van der Waals surface area contributed by atoms with Gasteiger partial charge >= 0.3 is 0 Å². The summed E-state index contributed by atoms with van der Waals surface area (Å²) in [6.07, 6.45) is 7.49. The first-order valence-electron chi connectivity index (χ1n) is 13.3. The molecular formula is C33H42O4. The van der Waals surface area contributed by atoms with Gasteiger partial charge in [-0.2, -0.15) is 0 Å². The number of ketones is 3. The van der Waals surface area contributed by atoms with Crippen molar-refractivity contribution in [1.29, 1.82) is 0 Å². The standard InChI is InChI=1S/C33H42O4/c1-21(2)14-15-25-20-32(18-16-22(3)4)28(35)26(27(34)24-12-10-9-11-13-24)29(36)33(30(32)37,31(25,7)8)19-17-23(5)6/h9-14,16-17,25,34H,15,18-20H2,1-8H3/b27-26-/t25-,32+,33-/m0/s1. The predicted octanol–water partition coefficient (Wildman–Crippen LogP) is 7.76. The van der Waals surface area contributed by atoms with E-state index in [4.69, 9.17) is 0 Å². The fourth-order valence-electron chi connectivity index (χ4n) is 6.13. The minimum Gasteiger partial charge on any atom is -0.506 e. The van der Waals surface area contributed by atoms with E-state index in [9.17, 15) is 19.5 Å². The quantitative estimate of drug-likeness (QED) is 0.136. The number of fused-ring (bicyclic) bond motifs is 2. The molecule has 4 heteroatoms. The molecule has 0 aliphatic heterocycles. The van der Waals surface area contributed by atoms with Crippen LogP contribution in [0.2, 0.25) is 0 Å². The predicted molar refractivity (Wildman–Crippen MR) is 150 cm³/mol. The molecule has 0 heterocycles. The van der Waals surface area contributed by atoms with E-state index in [2.05, 4.69) is 6.08 Å². The second kappa shape index (κ2) is 10.4. The number of allylic oxidation sites excluding steroid dienone is 7. The number of rotatable bonds is 7. The van der Waals surface area contributed by atoms with Crippen LogP contribution in [0.4, 0.5) is 0 Å². The highest BCUT2D eigenvalue weighted by Gasteiger charge is 2.73. The largest absolute Gasteiger partial charge is 0.506 e. The van der Waals surface area contributed by atoms with Crippen LogP contribution >= 0.6 is 0 Å².